The van der Waals surface area contributed by atoms with Crippen molar-refractivity contribution in [2.24, 2.45) is 0 Å². The van der Waals surface area contributed by atoms with Crippen LogP contribution in [0.15, 0.2) is 28.7 Å². The molecule has 0 atom stereocenters. The van der Waals surface area contributed by atoms with E-state index in [1.54, 1.807) is 0 Å². The Kier molecular flexibility index (Phi) is 4.91. The van der Waals surface area contributed by atoms with Gasteiger partial charge in [-0.2, -0.15) is 11.8 Å². The predicted molar refractivity (Wildman–Crippen MR) is 77.4 cm³/mol. The molecule has 1 saturated heterocycles. The van der Waals surface area contributed by atoms with Crippen LogP contribution in [0.25, 0.3) is 0 Å². The van der Waals surface area contributed by atoms with Gasteiger partial charge in [0, 0.05) is 17.6 Å². The van der Waals surface area contributed by atoms with Crippen molar-refractivity contribution in [2.45, 2.75) is 25.0 Å². The summed E-state index contributed by atoms with van der Waals surface area (Å²) in [6.45, 7) is 1.51. The van der Waals surface area contributed by atoms with Crippen molar-refractivity contribution in [1.82, 2.24) is 5.32 Å². The highest BCUT2D eigenvalue weighted by atomic mass is 79.9. The molecule has 0 bridgehead atoms. The molecule has 1 heterocycles. The quantitative estimate of drug-likeness (QED) is 0.896. The largest absolute Gasteiger partial charge is 0.389 e. The normalized spacial score (nSPS) is 19.2. The molecule has 2 rings (SSSR count). The second-order valence-electron chi connectivity index (χ2n) is 4.57. The van der Waals surface area contributed by atoms with Crippen molar-refractivity contribution in [1.29, 1.82) is 0 Å². The first-order valence-corrected chi connectivity index (χ1v) is 7.88. The van der Waals surface area contributed by atoms with E-state index in [4.69, 9.17) is 0 Å². The van der Waals surface area contributed by atoms with Gasteiger partial charge < -0.3 is 10.4 Å². The number of halogens is 1. The number of hydrogen-bond donors (Lipinski definition) is 2. The Hall–Kier alpha value is -0.0300. The molecule has 1 aromatic rings. The standard InChI is InChI=1S/C13H18BrNOS/c14-12-3-1-2-11(8-12)9-15-10-13(16)4-6-17-7-5-13/h1-3,8,15-16H,4-7,9-10H2. The molecule has 0 unspecified atom stereocenters. The molecule has 1 fully saturated rings. The lowest BCUT2D eigenvalue weighted by Gasteiger charge is -2.32. The van der Waals surface area contributed by atoms with Crippen molar-refractivity contribution in [3.8, 4) is 0 Å². The molecule has 4 heteroatoms. The highest BCUT2D eigenvalue weighted by molar-refractivity contribution is 9.10. The fraction of sp³-hybridized carbons (Fsp3) is 0.538. The first kappa shape index (κ1) is 13.4. The molecular weight excluding hydrogens is 298 g/mol. The second kappa shape index (κ2) is 6.23. The molecule has 0 saturated carbocycles. The van der Waals surface area contributed by atoms with Gasteiger partial charge in [-0.05, 0) is 42.0 Å². The first-order valence-electron chi connectivity index (χ1n) is 5.93. The van der Waals surface area contributed by atoms with Crippen LogP contribution in [0.5, 0.6) is 0 Å². The van der Waals surface area contributed by atoms with Gasteiger partial charge in [0.15, 0.2) is 0 Å². The highest BCUT2D eigenvalue weighted by Gasteiger charge is 2.28. The molecule has 2 nitrogen and oxygen atoms in total. The zero-order valence-corrected chi connectivity index (χ0v) is 12.2. The Morgan fingerprint density at radius 3 is 2.82 bits per heavy atom. The van der Waals surface area contributed by atoms with Gasteiger partial charge in [-0.3, -0.25) is 0 Å². The summed E-state index contributed by atoms with van der Waals surface area (Å²) in [7, 11) is 0. The van der Waals surface area contributed by atoms with E-state index in [0.29, 0.717) is 6.54 Å². The van der Waals surface area contributed by atoms with Crippen LogP contribution >= 0.6 is 27.7 Å². The van der Waals surface area contributed by atoms with Gasteiger partial charge in [-0.15, -0.1) is 0 Å². The van der Waals surface area contributed by atoms with Crippen LogP contribution in [0.2, 0.25) is 0 Å². The SMILES string of the molecule is OC1(CNCc2cccc(Br)c2)CCSCC1. The van der Waals surface area contributed by atoms with Crippen molar-refractivity contribution in [3.63, 3.8) is 0 Å². The molecule has 0 amide bonds. The Labute approximate surface area is 115 Å². The zero-order chi connectivity index (χ0) is 12.1. The molecule has 0 radical (unpaired) electrons. The molecule has 1 aromatic carbocycles. The minimum Gasteiger partial charge on any atom is -0.389 e. The van der Waals surface area contributed by atoms with Crippen LogP contribution in [0.4, 0.5) is 0 Å². The van der Waals surface area contributed by atoms with Gasteiger partial charge in [0.1, 0.15) is 0 Å². The maximum atomic E-state index is 10.3. The van der Waals surface area contributed by atoms with Gasteiger partial charge in [0.05, 0.1) is 5.60 Å². The lowest BCUT2D eigenvalue weighted by molar-refractivity contribution is 0.0320. The minimum atomic E-state index is -0.489. The molecule has 94 valence electrons. The molecular formula is C13H18BrNOS. The van der Waals surface area contributed by atoms with Gasteiger partial charge >= 0.3 is 0 Å². The Bertz CT molecular complexity index is 366. The Morgan fingerprint density at radius 1 is 1.35 bits per heavy atom. The Morgan fingerprint density at radius 2 is 2.12 bits per heavy atom. The van der Waals surface area contributed by atoms with Crippen LogP contribution < -0.4 is 5.32 Å². The third kappa shape index (κ3) is 4.28. The number of hydrogen-bond acceptors (Lipinski definition) is 3. The number of thioether (sulfide) groups is 1. The molecule has 0 aliphatic carbocycles. The minimum absolute atomic E-state index is 0.489. The lowest BCUT2D eigenvalue weighted by Crippen LogP contribution is -2.43. The maximum absolute atomic E-state index is 10.3. The van der Waals surface area contributed by atoms with Crippen molar-refractivity contribution in [2.75, 3.05) is 18.1 Å². The van der Waals surface area contributed by atoms with Crippen LogP contribution in [0.3, 0.4) is 0 Å². The highest BCUT2D eigenvalue weighted by Crippen LogP contribution is 2.26. The summed E-state index contributed by atoms with van der Waals surface area (Å²) in [5, 5.41) is 13.7. The van der Waals surface area contributed by atoms with E-state index in [0.717, 1.165) is 35.4 Å². The monoisotopic (exact) mass is 315 g/mol. The number of aliphatic hydroxyl groups is 1. The van der Waals surface area contributed by atoms with Crippen LogP contribution in [-0.4, -0.2) is 28.8 Å². The van der Waals surface area contributed by atoms with E-state index in [9.17, 15) is 5.11 Å². The van der Waals surface area contributed by atoms with E-state index in [-0.39, 0.29) is 0 Å². The summed E-state index contributed by atoms with van der Waals surface area (Å²) in [5.74, 6) is 2.16. The fourth-order valence-corrected chi connectivity index (χ4v) is 3.71. The third-order valence-corrected chi connectivity index (χ3v) is 4.57. The lowest BCUT2D eigenvalue weighted by atomic mass is 9.97. The van der Waals surface area contributed by atoms with Gasteiger partial charge in [0.25, 0.3) is 0 Å². The van der Waals surface area contributed by atoms with Crippen molar-refractivity contribution < 1.29 is 5.11 Å². The van der Waals surface area contributed by atoms with E-state index >= 15 is 0 Å². The topological polar surface area (TPSA) is 32.3 Å². The summed E-state index contributed by atoms with van der Waals surface area (Å²) >= 11 is 5.40. The predicted octanol–water partition coefficient (Wildman–Crippen LogP) is 2.80. The van der Waals surface area contributed by atoms with Crippen LogP contribution in [-0.2, 0) is 6.54 Å². The number of rotatable bonds is 4. The molecule has 1 aliphatic rings. The summed E-state index contributed by atoms with van der Waals surface area (Å²) in [5.41, 5.74) is 0.755. The average Bonchev–Trinajstić information content (AvgIpc) is 2.30. The molecule has 0 aromatic heterocycles. The van der Waals surface area contributed by atoms with E-state index in [1.165, 1.54) is 5.56 Å². The third-order valence-electron chi connectivity index (χ3n) is 3.10. The maximum Gasteiger partial charge on any atom is 0.0787 e. The van der Waals surface area contributed by atoms with Crippen molar-refractivity contribution >= 4 is 27.7 Å². The van der Waals surface area contributed by atoms with E-state index < -0.39 is 5.60 Å². The first-order chi connectivity index (χ1) is 8.18. The fourth-order valence-electron chi connectivity index (χ4n) is 2.01. The zero-order valence-electron chi connectivity index (χ0n) is 9.79. The second-order valence-corrected chi connectivity index (χ2v) is 6.71. The Balaban J connectivity index is 1.79. The summed E-state index contributed by atoms with van der Waals surface area (Å²) in [6, 6.07) is 8.26. The summed E-state index contributed by atoms with van der Waals surface area (Å²) < 4.78 is 1.10. The molecule has 1 aliphatic heterocycles. The van der Waals surface area contributed by atoms with Crippen LogP contribution in [0, 0.1) is 0 Å². The molecule has 17 heavy (non-hydrogen) atoms. The van der Waals surface area contributed by atoms with Crippen molar-refractivity contribution in [3.05, 3.63) is 34.3 Å². The van der Waals surface area contributed by atoms with Gasteiger partial charge in [-0.25, -0.2) is 0 Å². The van der Waals surface area contributed by atoms with E-state index in [1.807, 2.05) is 23.9 Å². The van der Waals surface area contributed by atoms with Crippen LogP contribution in [0.1, 0.15) is 18.4 Å². The number of nitrogens with one attached hydrogen (secondary N) is 1. The van der Waals surface area contributed by atoms with Gasteiger partial charge in [0.2, 0.25) is 0 Å². The van der Waals surface area contributed by atoms with E-state index in [2.05, 4.69) is 33.4 Å². The smallest absolute Gasteiger partial charge is 0.0787 e. The average molecular weight is 316 g/mol. The number of benzene rings is 1. The summed E-state index contributed by atoms with van der Waals surface area (Å²) in [4.78, 5) is 0. The van der Waals surface area contributed by atoms with Gasteiger partial charge in [-0.1, -0.05) is 28.1 Å². The summed E-state index contributed by atoms with van der Waals surface area (Å²) in [6.07, 6.45) is 1.81. The molecule has 0 spiro atoms. The molecule has 2 N–H and O–H groups in total.